The lowest BCUT2D eigenvalue weighted by molar-refractivity contribution is -0.164. The zero-order valence-electron chi connectivity index (χ0n) is 33.8. The fraction of sp³-hybridized carbons (Fsp3) is 0.455. The Bertz CT molecular complexity index is 2260. The average molecular weight is 822 g/mol. The molecule has 15 heteroatoms. The van der Waals surface area contributed by atoms with Gasteiger partial charge in [0.2, 0.25) is 11.8 Å². The van der Waals surface area contributed by atoms with Crippen molar-refractivity contribution in [3.63, 3.8) is 0 Å². The summed E-state index contributed by atoms with van der Waals surface area (Å²) < 4.78 is 12.5. The van der Waals surface area contributed by atoms with Gasteiger partial charge in [-0.3, -0.25) is 39.1 Å². The lowest BCUT2D eigenvalue weighted by Gasteiger charge is -2.63. The van der Waals surface area contributed by atoms with Gasteiger partial charge in [0, 0.05) is 86.1 Å². The van der Waals surface area contributed by atoms with Crippen LogP contribution >= 0.6 is 11.6 Å². The van der Waals surface area contributed by atoms with Gasteiger partial charge in [-0.25, -0.2) is 0 Å². The number of hydrogen-bond donors (Lipinski definition) is 2. The Kier molecular flexibility index (Phi) is 10.2. The van der Waals surface area contributed by atoms with Crippen molar-refractivity contribution < 1.29 is 33.4 Å². The van der Waals surface area contributed by atoms with Crippen LogP contribution in [-0.4, -0.2) is 116 Å². The first kappa shape index (κ1) is 40.3. The maximum atomic E-state index is 13.5. The molecule has 14 nitrogen and oxygen atoms in total. The molecule has 0 spiro atoms. The number of ether oxygens (including phenoxy) is 2. The maximum absolute atomic E-state index is 13.5. The van der Waals surface area contributed by atoms with Crippen molar-refractivity contribution in [3.8, 4) is 11.8 Å². The number of carbonyl (C=O) groups excluding carboxylic acids is 5. The third-order valence-electron chi connectivity index (χ3n) is 13.0. The molecule has 0 radical (unpaired) electrons. The third kappa shape index (κ3) is 7.08. The molecule has 4 fully saturated rings. The number of nitrogens with zero attached hydrogens (tertiary/aromatic N) is 5. The number of anilines is 2. The van der Waals surface area contributed by atoms with Crippen LogP contribution in [-0.2, 0) is 14.3 Å². The largest absolute Gasteiger partial charge is 0.489 e. The van der Waals surface area contributed by atoms with Crippen LogP contribution in [0.5, 0.6) is 5.75 Å². The van der Waals surface area contributed by atoms with E-state index in [0.29, 0.717) is 35.0 Å². The Labute approximate surface area is 348 Å². The van der Waals surface area contributed by atoms with Crippen molar-refractivity contribution >= 4 is 52.5 Å². The molecular formula is C44H48ClN7O7. The molecule has 1 saturated carbocycles. The van der Waals surface area contributed by atoms with Crippen molar-refractivity contribution in [2.45, 2.75) is 64.3 Å². The third-order valence-corrected chi connectivity index (χ3v) is 13.3. The molecule has 4 heterocycles. The molecular weight excluding hydrogens is 774 g/mol. The molecule has 3 aromatic rings. The van der Waals surface area contributed by atoms with Crippen molar-refractivity contribution in [2.24, 2.45) is 10.8 Å². The highest BCUT2D eigenvalue weighted by Crippen LogP contribution is 2.55. The van der Waals surface area contributed by atoms with Crippen LogP contribution in [0, 0.1) is 22.2 Å². The number of carbonyl (C=O) groups is 5. The predicted molar refractivity (Wildman–Crippen MR) is 220 cm³/mol. The second-order valence-electron chi connectivity index (χ2n) is 17.5. The van der Waals surface area contributed by atoms with Crippen LogP contribution in [0.3, 0.4) is 0 Å². The number of piperidine rings is 1. The van der Waals surface area contributed by atoms with E-state index >= 15 is 0 Å². The average Bonchev–Trinajstić information content (AvgIpc) is 3.45. The lowest BCUT2D eigenvalue weighted by Crippen LogP contribution is -2.74. The van der Waals surface area contributed by atoms with Crippen LogP contribution in [0.4, 0.5) is 11.4 Å². The number of benzene rings is 3. The normalized spacial score (nSPS) is 24.4. The molecule has 5 amide bonds. The second kappa shape index (κ2) is 15.0. The molecule has 4 aliphatic heterocycles. The highest BCUT2D eigenvalue weighted by Gasteiger charge is 2.64. The van der Waals surface area contributed by atoms with Gasteiger partial charge in [-0.05, 0) is 61.0 Å². The topological polar surface area (TPSA) is 165 Å². The van der Waals surface area contributed by atoms with Crippen LogP contribution < -0.4 is 25.2 Å². The summed E-state index contributed by atoms with van der Waals surface area (Å²) in [6, 6.07) is 18.9. The van der Waals surface area contributed by atoms with Crippen LogP contribution in [0.15, 0.2) is 60.7 Å². The highest BCUT2D eigenvalue weighted by molar-refractivity contribution is 6.31. The summed E-state index contributed by atoms with van der Waals surface area (Å²) in [5, 5.41) is 15.1. The van der Waals surface area contributed by atoms with Gasteiger partial charge < -0.3 is 24.6 Å². The minimum absolute atomic E-state index is 0.0719. The fourth-order valence-corrected chi connectivity index (χ4v) is 10.2. The van der Waals surface area contributed by atoms with Gasteiger partial charge in [0.1, 0.15) is 29.6 Å². The quantitative estimate of drug-likeness (QED) is 0.281. The number of fused-ring (bicyclic) bond motifs is 1. The number of methoxy groups -OCH3 is 1. The number of imide groups is 2. The SMILES string of the molecule is COC1(CN2CCN(c3ccc(C(=O)NC4C(C)(C)C(Oc5ccc(C#N)c(Cl)c5)C4(C)C)cc3)CC2)CN(c2ccc3c(c2)C(=O)N(C2CCC(=O)NC2=O)C3=O)C1. The number of nitriles is 1. The molecule has 3 aromatic carbocycles. The molecule has 0 aromatic heterocycles. The monoisotopic (exact) mass is 821 g/mol. The summed E-state index contributed by atoms with van der Waals surface area (Å²) in [5.74, 6) is -1.63. The van der Waals surface area contributed by atoms with Crippen molar-refractivity contribution in [1.29, 1.82) is 5.26 Å². The first-order chi connectivity index (χ1) is 28.0. The number of nitrogens with one attached hydrogen (secondary N) is 2. The van der Waals surface area contributed by atoms with Crippen molar-refractivity contribution in [2.75, 3.05) is 62.7 Å². The van der Waals surface area contributed by atoms with E-state index in [1.165, 1.54) is 0 Å². The van der Waals surface area contributed by atoms with Crippen LogP contribution in [0.2, 0.25) is 5.02 Å². The molecule has 1 unspecified atom stereocenters. The number of halogens is 1. The standard InChI is InChI=1S/C44H48ClN7O7/c1-42(2)40(43(3,4)41(42)59-30-12-8-27(22-46)33(45)21-30)48-36(54)26-6-9-28(10-7-26)50-18-16-49(17-19-50)23-44(58-5)24-51(25-44)29-11-13-31-32(20-29)39(57)52(38(31)56)34-14-15-35(53)47-37(34)55/h6-13,20-21,34,40-41H,14-19,23-25H2,1-5H3,(H,48,54)(H,47,53,55). The first-order valence-electron chi connectivity index (χ1n) is 20.0. The maximum Gasteiger partial charge on any atom is 0.262 e. The van der Waals surface area contributed by atoms with Crippen molar-refractivity contribution in [1.82, 2.24) is 20.4 Å². The Morgan fingerprint density at radius 1 is 0.881 bits per heavy atom. The molecule has 59 heavy (non-hydrogen) atoms. The minimum atomic E-state index is -1.00. The summed E-state index contributed by atoms with van der Waals surface area (Å²) in [5.41, 5.74) is 2.21. The van der Waals surface area contributed by atoms with E-state index in [1.807, 2.05) is 30.3 Å². The molecule has 3 saturated heterocycles. The molecule has 5 aliphatic rings. The molecule has 2 N–H and O–H groups in total. The number of hydrogen-bond acceptors (Lipinski definition) is 11. The van der Waals surface area contributed by atoms with E-state index in [-0.39, 0.29) is 52.9 Å². The molecule has 1 atom stereocenters. The minimum Gasteiger partial charge on any atom is -0.489 e. The number of piperazine rings is 1. The predicted octanol–water partition coefficient (Wildman–Crippen LogP) is 4.25. The lowest BCUT2D eigenvalue weighted by atomic mass is 9.49. The Hall–Kier alpha value is -5.49. The van der Waals surface area contributed by atoms with E-state index in [0.717, 1.165) is 49.0 Å². The van der Waals surface area contributed by atoms with Gasteiger partial charge >= 0.3 is 0 Å². The zero-order chi connectivity index (χ0) is 42.0. The van der Waals surface area contributed by atoms with Gasteiger partial charge in [-0.1, -0.05) is 39.3 Å². The molecule has 1 aliphatic carbocycles. The van der Waals surface area contributed by atoms with E-state index in [9.17, 15) is 29.2 Å². The van der Waals surface area contributed by atoms with Gasteiger partial charge in [0.25, 0.3) is 17.7 Å². The first-order valence-corrected chi connectivity index (χ1v) is 20.3. The molecule has 8 rings (SSSR count). The highest BCUT2D eigenvalue weighted by atomic mass is 35.5. The summed E-state index contributed by atoms with van der Waals surface area (Å²) in [6.45, 7) is 13.6. The summed E-state index contributed by atoms with van der Waals surface area (Å²) >= 11 is 6.25. The summed E-state index contributed by atoms with van der Waals surface area (Å²) in [4.78, 5) is 72.0. The molecule has 308 valence electrons. The van der Waals surface area contributed by atoms with E-state index in [1.54, 1.807) is 37.4 Å². The van der Waals surface area contributed by atoms with Gasteiger partial charge in [-0.15, -0.1) is 0 Å². The number of amides is 5. The van der Waals surface area contributed by atoms with Crippen molar-refractivity contribution in [3.05, 3.63) is 87.9 Å². The van der Waals surface area contributed by atoms with Gasteiger partial charge in [-0.2, -0.15) is 5.26 Å². The Morgan fingerprint density at radius 3 is 2.17 bits per heavy atom. The number of rotatable bonds is 10. The summed E-state index contributed by atoms with van der Waals surface area (Å²) in [7, 11) is 1.72. The van der Waals surface area contributed by atoms with Crippen LogP contribution in [0.25, 0.3) is 0 Å². The smallest absolute Gasteiger partial charge is 0.262 e. The van der Waals surface area contributed by atoms with Crippen LogP contribution in [0.1, 0.15) is 77.2 Å². The van der Waals surface area contributed by atoms with E-state index in [4.69, 9.17) is 21.1 Å². The fourth-order valence-electron chi connectivity index (χ4n) is 9.99. The molecule has 0 bridgehead atoms. The van der Waals surface area contributed by atoms with Gasteiger partial charge in [0.05, 0.1) is 34.8 Å². The van der Waals surface area contributed by atoms with E-state index < -0.39 is 35.3 Å². The Morgan fingerprint density at radius 2 is 1.54 bits per heavy atom. The Balaban J connectivity index is 0.822. The summed E-state index contributed by atoms with van der Waals surface area (Å²) in [6.07, 6.45) is -0.0107. The van der Waals surface area contributed by atoms with E-state index in [2.05, 4.69) is 59.1 Å². The zero-order valence-corrected chi connectivity index (χ0v) is 34.6. The van der Waals surface area contributed by atoms with Gasteiger partial charge in [0.15, 0.2) is 0 Å². The second-order valence-corrected chi connectivity index (χ2v) is 17.9.